The lowest BCUT2D eigenvalue weighted by atomic mass is 10.3. The molecule has 0 aliphatic rings. The van der Waals surface area contributed by atoms with Gasteiger partial charge in [0.25, 0.3) is 0 Å². The molecule has 0 saturated carbocycles. The smallest absolute Gasteiger partial charge is 0.239 e. The number of aliphatic imine (C=N–C) groups is 1. The van der Waals surface area contributed by atoms with Crippen molar-refractivity contribution in [2.24, 2.45) is 4.99 Å². The van der Waals surface area contributed by atoms with E-state index >= 15 is 0 Å². The highest BCUT2D eigenvalue weighted by molar-refractivity contribution is 5.86. The fraction of sp³-hybridized carbons (Fsp3) is 0.467. The average molecular weight is 292 g/mol. The number of guanidine groups is 1. The standard InChI is InChI=1S/C15H24N4O2/c1-3-9-17-14(20)12-19-15(16-2)18-10-11-21-13-7-5-4-6-8-13/h4-8H,3,9-12H2,1-2H3,(H,17,20)(H2,16,18,19). The van der Waals surface area contributed by atoms with Crippen molar-refractivity contribution in [3.05, 3.63) is 30.3 Å². The molecule has 6 heteroatoms. The molecule has 1 aromatic carbocycles. The number of hydrogen-bond donors (Lipinski definition) is 3. The largest absolute Gasteiger partial charge is 0.492 e. The topological polar surface area (TPSA) is 74.8 Å². The molecule has 21 heavy (non-hydrogen) atoms. The number of nitrogens with one attached hydrogen (secondary N) is 3. The summed E-state index contributed by atoms with van der Waals surface area (Å²) < 4.78 is 5.56. The molecular weight excluding hydrogens is 268 g/mol. The van der Waals surface area contributed by atoms with Gasteiger partial charge in [-0.1, -0.05) is 25.1 Å². The summed E-state index contributed by atoms with van der Waals surface area (Å²) in [5.74, 6) is 1.37. The number of hydrogen-bond acceptors (Lipinski definition) is 3. The summed E-state index contributed by atoms with van der Waals surface area (Å²) in [6.45, 7) is 4.04. The van der Waals surface area contributed by atoms with Crippen molar-refractivity contribution in [2.75, 3.05) is 33.3 Å². The van der Waals surface area contributed by atoms with Crippen molar-refractivity contribution >= 4 is 11.9 Å². The van der Waals surface area contributed by atoms with E-state index in [1.165, 1.54) is 0 Å². The minimum atomic E-state index is -0.0414. The molecule has 0 heterocycles. The van der Waals surface area contributed by atoms with Crippen LogP contribution in [-0.4, -0.2) is 45.2 Å². The molecule has 6 nitrogen and oxygen atoms in total. The zero-order valence-corrected chi connectivity index (χ0v) is 12.7. The van der Waals surface area contributed by atoms with Crippen LogP contribution in [0.2, 0.25) is 0 Å². The van der Waals surface area contributed by atoms with Gasteiger partial charge in [-0.05, 0) is 18.6 Å². The summed E-state index contributed by atoms with van der Waals surface area (Å²) in [5, 5.41) is 8.82. The van der Waals surface area contributed by atoms with E-state index in [1.54, 1.807) is 7.05 Å². The second-order valence-electron chi connectivity index (χ2n) is 4.36. The number of amides is 1. The number of carbonyl (C=O) groups excluding carboxylic acids is 1. The Morgan fingerprint density at radius 3 is 2.57 bits per heavy atom. The summed E-state index contributed by atoms with van der Waals surface area (Å²) in [7, 11) is 1.66. The molecule has 3 N–H and O–H groups in total. The number of ether oxygens (including phenoxy) is 1. The molecule has 0 spiro atoms. The molecule has 0 bridgehead atoms. The molecule has 0 aliphatic carbocycles. The van der Waals surface area contributed by atoms with Crippen molar-refractivity contribution in [3.8, 4) is 5.75 Å². The molecular formula is C15H24N4O2. The van der Waals surface area contributed by atoms with Gasteiger partial charge in [-0.2, -0.15) is 0 Å². The summed E-state index contributed by atoms with van der Waals surface area (Å²) in [6, 6.07) is 9.62. The zero-order valence-electron chi connectivity index (χ0n) is 12.7. The monoisotopic (exact) mass is 292 g/mol. The Bertz CT molecular complexity index is 435. The third-order valence-corrected chi connectivity index (χ3v) is 2.62. The molecule has 0 saturated heterocycles. The third-order valence-electron chi connectivity index (χ3n) is 2.62. The van der Waals surface area contributed by atoms with Crippen LogP contribution in [0.15, 0.2) is 35.3 Å². The van der Waals surface area contributed by atoms with E-state index in [1.807, 2.05) is 37.3 Å². The van der Waals surface area contributed by atoms with Crippen LogP contribution in [0.25, 0.3) is 0 Å². The molecule has 1 aromatic rings. The predicted octanol–water partition coefficient (Wildman–Crippen LogP) is 0.757. The lowest BCUT2D eigenvalue weighted by molar-refractivity contribution is -0.120. The van der Waals surface area contributed by atoms with Crippen molar-refractivity contribution in [1.82, 2.24) is 16.0 Å². The molecule has 1 rings (SSSR count). The van der Waals surface area contributed by atoms with Crippen LogP contribution in [0.4, 0.5) is 0 Å². The fourth-order valence-electron chi connectivity index (χ4n) is 1.57. The SMILES string of the molecule is CCCNC(=O)CNC(=NC)NCCOc1ccccc1. The average Bonchev–Trinajstić information content (AvgIpc) is 2.53. The van der Waals surface area contributed by atoms with Gasteiger partial charge in [0.15, 0.2) is 5.96 Å². The Morgan fingerprint density at radius 2 is 1.90 bits per heavy atom. The quantitative estimate of drug-likeness (QED) is 0.376. The van der Waals surface area contributed by atoms with Crippen molar-refractivity contribution in [1.29, 1.82) is 0 Å². The second kappa shape index (κ2) is 10.5. The van der Waals surface area contributed by atoms with Crippen LogP contribution < -0.4 is 20.7 Å². The Morgan fingerprint density at radius 1 is 1.14 bits per heavy atom. The van der Waals surface area contributed by atoms with Crippen LogP contribution in [0.5, 0.6) is 5.75 Å². The second-order valence-corrected chi connectivity index (χ2v) is 4.36. The molecule has 0 radical (unpaired) electrons. The molecule has 0 unspecified atom stereocenters. The van der Waals surface area contributed by atoms with Gasteiger partial charge in [0.2, 0.25) is 5.91 Å². The first-order chi connectivity index (χ1) is 10.3. The first kappa shape index (κ1) is 16.8. The lowest BCUT2D eigenvalue weighted by Crippen LogP contribution is -2.44. The van der Waals surface area contributed by atoms with Gasteiger partial charge < -0.3 is 20.7 Å². The van der Waals surface area contributed by atoms with E-state index in [-0.39, 0.29) is 12.5 Å². The van der Waals surface area contributed by atoms with Crippen molar-refractivity contribution in [3.63, 3.8) is 0 Å². The summed E-state index contributed by atoms with van der Waals surface area (Å²) in [4.78, 5) is 15.5. The zero-order chi connectivity index (χ0) is 15.3. The fourth-order valence-corrected chi connectivity index (χ4v) is 1.57. The first-order valence-electron chi connectivity index (χ1n) is 7.15. The van der Waals surface area contributed by atoms with Crippen LogP contribution in [-0.2, 0) is 4.79 Å². The van der Waals surface area contributed by atoms with Gasteiger partial charge in [-0.25, -0.2) is 0 Å². The van der Waals surface area contributed by atoms with E-state index in [0.29, 0.717) is 25.7 Å². The maximum atomic E-state index is 11.5. The Kier molecular flexibility index (Phi) is 8.44. The Hall–Kier alpha value is -2.24. The molecule has 0 atom stereocenters. The van der Waals surface area contributed by atoms with Gasteiger partial charge in [-0.3, -0.25) is 9.79 Å². The van der Waals surface area contributed by atoms with Crippen molar-refractivity contribution < 1.29 is 9.53 Å². The highest BCUT2D eigenvalue weighted by Crippen LogP contribution is 2.07. The number of benzene rings is 1. The highest BCUT2D eigenvalue weighted by atomic mass is 16.5. The maximum absolute atomic E-state index is 11.5. The minimum Gasteiger partial charge on any atom is -0.492 e. The van der Waals surface area contributed by atoms with E-state index in [2.05, 4.69) is 20.9 Å². The third kappa shape index (κ3) is 7.81. The van der Waals surface area contributed by atoms with E-state index in [0.717, 1.165) is 12.2 Å². The lowest BCUT2D eigenvalue weighted by Gasteiger charge is -2.12. The van der Waals surface area contributed by atoms with Crippen molar-refractivity contribution in [2.45, 2.75) is 13.3 Å². The maximum Gasteiger partial charge on any atom is 0.239 e. The van der Waals surface area contributed by atoms with E-state index in [9.17, 15) is 4.79 Å². The summed E-state index contributed by atoms with van der Waals surface area (Å²) in [6.07, 6.45) is 0.926. The summed E-state index contributed by atoms with van der Waals surface area (Å²) in [5.41, 5.74) is 0. The van der Waals surface area contributed by atoms with Gasteiger partial charge in [0.05, 0.1) is 13.1 Å². The number of para-hydroxylation sites is 1. The first-order valence-corrected chi connectivity index (χ1v) is 7.15. The Balaban J connectivity index is 2.15. The minimum absolute atomic E-state index is 0.0414. The van der Waals surface area contributed by atoms with E-state index < -0.39 is 0 Å². The Labute approximate surface area is 126 Å². The molecule has 0 aromatic heterocycles. The van der Waals surface area contributed by atoms with Gasteiger partial charge in [-0.15, -0.1) is 0 Å². The van der Waals surface area contributed by atoms with Crippen LogP contribution in [0, 0.1) is 0 Å². The van der Waals surface area contributed by atoms with Crippen LogP contribution >= 0.6 is 0 Å². The molecule has 1 amide bonds. The van der Waals surface area contributed by atoms with Crippen LogP contribution in [0.3, 0.4) is 0 Å². The van der Waals surface area contributed by atoms with Gasteiger partial charge in [0.1, 0.15) is 12.4 Å². The molecule has 0 aliphatic heterocycles. The molecule has 0 fully saturated rings. The van der Waals surface area contributed by atoms with Gasteiger partial charge in [0, 0.05) is 13.6 Å². The van der Waals surface area contributed by atoms with Gasteiger partial charge >= 0.3 is 0 Å². The van der Waals surface area contributed by atoms with E-state index in [4.69, 9.17) is 4.74 Å². The number of nitrogens with zero attached hydrogens (tertiary/aromatic N) is 1. The number of carbonyl (C=O) groups is 1. The summed E-state index contributed by atoms with van der Waals surface area (Å²) >= 11 is 0. The van der Waals surface area contributed by atoms with Crippen LogP contribution in [0.1, 0.15) is 13.3 Å². The highest BCUT2D eigenvalue weighted by Gasteiger charge is 2.02. The number of rotatable bonds is 8. The predicted molar refractivity (Wildman–Crippen MR) is 84.6 cm³/mol. The normalized spacial score (nSPS) is 10.9. The molecule has 116 valence electrons.